The summed E-state index contributed by atoms with van der Waals surface area (Å²) in [4.78, 5) is 0. The van der Waals surface area contributed by atoms with Gasteiger partial charge in [-0.05, 0) is 176 Å². The summed E-state index contributed by atoms with van der Waals surface area (Å²) in [6.45, 7) is 16.5. The van der Waals surface area contributed by atoms with E-state index in [9.17, 15) is 18.4 Å². The molecule has 0 saturated heterocycles. The van der Waals surface area contributed by atoms with E-state index in [1.807, 2.05) is 13.8 Å². The Kier molecular flexibility index (Phi) is 12.3. The molecule has 2 heterocycles. The van der Waals surface area contributed by atoms with Gasteiger partial charge in [0.25, 0.3) is 0 Å². The Labute approximate surface area is 460 Å². The van der Waals surface area contributed by atoms with Crippen LogP contribution in [0.25, 0.3) is 111 Å². The number of nitrogens with zero attached hydrogens (tertiary/aromatic N) is 3. The van der Waals surface area contributed by atoms with Crippen LogP contribution >= 0.6 is 0 Å². The molecular formula is C71H53F6N3. The van der Waals surface area contributed by atoms with Crippen molar-refractivity contribution >= 4 is 43.6 Å². The summed E-state index contributed by atoms with van der Waals surface area (Å²) < 4.78 is 93.8. The Morgan fingerprint density at radius 2 is 0.650 bits per heavy atom. The van der Waals surface area contributed by atoms with Gasteiger partial charge in [0.2, 0.25) is 0 Å². The number of aromatic nitrogens is 2. The number of alkyl halides is 6. The Morgan fingerprint density at radius 3 is 0.950 bits per heavy atom. The molecule has 0 radical (unpaired) electrons. The van der Waals surface area contributed by atoms with Crippen LogP contribution in [-0.2, 0) is 12.4 Å². The fourth-order valence-corrected chi connectivity index (χ4v) is 12.2. The quantitative estimate of drug-likeness (QED) is 0.146. The highest BCUT2D eigenvalue weighted by molar-refractivity contribution is 6.14. The third-order valence-corrected chi connectivity index (χ3v) is 16.0. The minimum absolute atomic E-state index is 0.146. The van der Waals surface area contributed by atoms with Crippen molar-refractivity contribution < 1.29 is 26.3 Å². The zero-order valence-electron chi connectivity index (χ0n) is 45.4. The number of hydrogen-bond acceptors (Lipinski definition) is 1. The largest absolute Gasteiger partial charge is 0.417 e. The van der Waals surface area contributed by atoms with E-state index in [0.717, 1.165) is 139 Å². The first-order valence-electron chi connectivity index (χ1n) is 26.5. The molecule has 12 aromatic rings. The maximum Gasteiger partial charge on any atom is 0.417 e. The minimum Gasteiger partial charge on any atom is -0.307 e. The monoisotopic (exact) mass is 1060 g/mol. The molecule has 0 bridgehead atoms. The molecule has 0 aliphatic heterocycles. The van der Waals surface area contributed by atoms with Crippen LogP contribution < -0.4 is 0 Å². The molecule has 0 unspecified atom stereocenters. The first-order chi connectivity index (χ1) is 38.1. The fourth-order valence-electron chi connectivity index (χ4n) is 12.2. The number of hydrogen-bond donors (Lipinski definition) is 0. The molecule has 9 heteroatoms. The molecule has 10 aromatic carbocycles. The molecule has 0 spiro atoms. The van der Waals surface area contributed by atoms with Gasteiger partial charge in [-0.3, -0.25) is 0 Å². The Morgan fingerprint density at radius 1 is 0.325 bits per heavy atom. The lowest BCUT2D eigenvalue weighted by molar-refractivity contribution is -0.142. The van der Waals surface area contributed by atoms with Crippen LogP contribution in [0, 0.1) is 66.7 Å². The van der Waals surface area contributed by atoms with Crippen LogP contribution in [0.3, 0.4) is 0 Å². The van der Waals surface area contributed by atoms with E-state index in [1.54, 1.807) is 12.1 Å². The average molecular weight is 1060 g/mol. The molecule has 0 aliphatic rings. The molecule has 0 N–H and O–H groups in total. The van der Waals surface area contributed by atoms with E-state index >= 15 is 13.2 Å². The summed E-state index contributed by atoms with van der Waals surface area (Å²) in [7, 11) is 0. The second-order valence-corrected chi connectivity index (χ2v) is 21.6. The molecule has 3 nitrogen and oxygen atoms in total. The van der Waals surface area contributed by atoms with Crippen LogP contribution in [-0.4, -0.2) is 9.13 Å². The summed E-state index contributed by atoms with van der Waals surface area (Å²) in [6.07, 6.45) is -10.3. The normalized spacial score (nSPS) is 12.1. The molecular weight excluding hydrogens is 1010 g/mol. The maximum atomic E-state index is 15.5. The molecule has 0 aliphatic carbocycles. The molecule has 0 saturated carbocycles. The van der Waals surface area contributed by atoms with Crippen LogP contribution in [0.5, 0.6) is 0 Å². The molecule has 80 heavy (non-hydrogen) atoms. The molecule has 12 rings (SSSR count). The van der Waals surface area contributed by atoms with E-state index in [0.29, 0.717) is 17.4 Å². The van der Waals surface area contributed by atoms with E-state index < -0.39 is 29.0 Å². The van der Waals surface area contributed by atoms with Gasteiger partial charge in [0.1, 0.15) is 0 Å². The number of rotatable bonds is 7. The first-order valence-corrected chi connectivity index (χ1v) is 26.5. The van der Waals surface area contributed by atoms with Crippen molar-refractivity contribution in [1.29, 1.82) is 5.26 Å². The number of halogens is 6. The topological polar surface area (TPSA) is 33.6 Å². The van der Waals surface area contributed by atoms with Crippen molar-refractivity contribution in [3.05, 3.63) is 237 Å². The summed E-state index contributed by atoms with van der Waals surface area (Å²) in [6, 6.07) is 57.5. The molecule has 0 atom stereocenters. The lowest BCUT2D eigenvalue weighted by Gasteiger charge is -2.22. The lowest BCUT2D eigenvalue weighted by atomic mass is 9.92. The smallest absolute Gasteiger partial charge is 0.307 e. The van der Waals surface area contributed by atoms with E-state index in [4.69, 9.17) is 0 Å². The van der Waals surface area contributed by atoms with Gasteiger partial charge in [-0.2, -0.15) is 31.6 Å². The highest BCUT2D eigenvalue weighted by Crippen LogP contribution is 2.47. The number of benzene rings is 10. The molecule has 0 amide bonds. The summed E-state index contributed by atoms with van der Waals surface area (Å²) in [5, 5.41) is 14.9. The van der Waals surface area contributed by atoms with Gasteiger partial charge in [0.15, 0.2) is 0 Å². The minimum atomic E-state index is -5.24. The van der Waals surface area contributed by atoms with Crippen LogP contribution in [0.2, 0.25) is 0 Å². The second-order valence-electron chi connectivity index (χ2n) is 21.6. The summed E-state index contributed by atoms with van der Waals surface area (Å²) in [5.41, 5.74) is 16.4. The van der Waals surface area contributed by atoms with Gasteiger partial charge in [-0.25, -0.2) is 0 Å². The highest BCUT2D eigenvalue weighted by Gasteiger charge is 2.39. The Balaban J connectivity index is 1.29. The van der Waals surface area contributed by atoms with Crippen molar-refractivity contribution in [2.45, 2.75) is 67.7 Å². The maximum absolute atomic E-state index is 15.5. The fraction of sp³-hybridized carbons (Fsp3) is 0.141. The molecule has 0 fully saturated rings. The average Bonchev–Trinajstić information content (AvgIpc) is 3.07. The van der Waals surface area contributed by atoms with Crippen LogP contribution in [0.15, 0.2) is 176 Å². The predicted molar refractivity (Wildman–Crippen MR) is 315 cm³/mol. The highest BCUT2D eigenvalue weighted by atomic mass is 19.4. The van der Waals surface area contributed by atoms with Crippen molar-refractivity contribution in [2.75, 3.05) is 0 Å². The Bertz CT molecular complexity index is 4400. The summed E-state index contributed by atoms with van der Waals surface area (Å²) in [5.74, 6) is 0. The van der Waals surface area contributed by atoms with Gasteiger partial charge < -0.3 is 9.13 Å². The van der Waals surface area contributed by atoms with E-state index in [2.05, 4.69) is 202 Å². The van der Waals surface area contributed by atoms with E-state index in [1.165, 1.54) is 0 Å². The molecule has 394 valence electrons. The Hall–Kier alpha value is -9.13. The van der Waals surface area contributed by atoms with Crippen LogP contribution in [0.1, 0.15) is 61.2 Å². The zero-order chi connectivity index (χ0) is 56.3. The third kappa shape index (κ3) is 8.80. The number of aryl methyl sites for hydroxylation is 8. The zero-order valence-corrected chi connectivity index (χ0v) is 45.4. The van der Waals surface area contributed by atoms with Gasteiger partial charge in [0.05, 0.1) is 56.2 Å². The van der Waals surface area contributed by atoms with Crippen molar-refractivity contribution in [2.24, 2.45) is 0 Å². The van der Waals surface area contributed by atoms with Gasteiger partial charge in [0, 0.05) is 27.1 Å². The lowest BCUT2D eigenvalue weighted by Crippen LogP contribution is -2.13. The number of fused-ring (bicyclic) bond motifs is 6. The standard InChI is InChI=1S/C71H53F6N3/c1-39-9-18-53(43(5)27-39)47-13-22-58-59-23-14-48(54-19-10-40(2)28-44(54)6)32-65(59)79(64(58)31-47)68-35-51(38-78)62(57-26-17-52(70(72,73)74)36-63(57)71(75,76)77)37-69(68)80-66-33-49(55-20-11-41(3)29-45(55)7)15-24-60(66)61-25-16-50(34-67(61)80)56-21-12-42(4)30-46(56)8/h9-37H,1-8H3. The summed E-state index contributed by atoms with van der Waals surface area (Å²) >= 11 is 0. The SMILES string of the molecule is Cc1ccc(-c2ccc3c4ccc(-c5ccc(C)cc5C)cc4n(-c4cc(C#N)c(-c5ccc(C(F)(F)F)cc5C(F)(F)F)cc4-n4c5cc(-c6ccc(C)cc6C)ccc5c5ccc(-c6ccc(C)cc6C)cc54)c3c2)c(C)c1. The predicted octanol–water partition coefficient (Wildman–Crippen LogP) is 20.6. The van der Waals surface area contributed by atoms with Gasteiger partial charge in [-0.1, -0.05) is 150 Å². The van der Waals surface area contributed by atoms with Crippen molar-refractivity contribution in [3.8, 4) is 73.1 Å². The van der Waals surface area contributed by atoms with Gasteiger partial charge >= 0.3 is 12.4 Å². The second kappa shape index (κ2) is 19.1. The van der Waals surface area contributed by atoms with Crippen LogP contribution in [0.4, 0.5) is 26.3 Å². The number of nitriles is 1. The third-order valence-electron chi connectivity index (χ3n) is 16.0. The first kappa shape index (κ1) is 51.6. The van der Waals surface area contributed by atoms with E-state index in [-0.39, 0.29) is 17.2 Å². The van der Waals surface area contributed by atoms with Crippen molar-refractivity contribution in [1.82, 2.24) is 9.13 Å². The molecule has 2 aromatic heterocycles. The van der Waals surface area contributed by atoms with Crippen molar-refractivity contribution in [3.63, 3.8) is 0 Å². The van der Waals surface area contributed by atoms with Gasteiger partial charge in [-0.15, -0.1) is 0 Å².